The highest BCUT2D eigenvalue weighted by Crippen LogP contribution is 2.24. The molecular weight excluding hydrogens is 100 g/mol. The van der Waals surface area contributed by atoms with Gasteiger partial charge in [-0.3, -0.25) is 0 Å². The average Bonchev–Trinajstić information content (AvgIpc) is 1.98. The van der Waals surface area contributed by atoms with Gasteiger partial charge in [-0.25, -0.2) is 0 Å². The minimum Gasteiger partial charge on any atom is -0.378 e. The van der Waals surface area contributed by atoms with Crippen LogP contribution in [0, 0.1) is 11.8 Å². The maximum Gasteiger partial charge on any atom is 0.0576 e. The van der Waals surface area contributed by atoms with Crippen molar-refractivity contribution in [3.8, 4) is 0 Å². The molecule has 0 aromatic heterocycles. The van der Waals surface area contributed by atoms with E-state index in [-0.39, 0.29) is 0 Å². The first-order valence-electron chi connectivity index (χ1n) is 3.33. The Morgan fingerprint density at radius 3 is 2.00 bits per heavy atom. The van der Waals surface area contributed by atoms with Crippen LogP contribution in [0.5, 0.6) is 0 Å². The van der Waals surface area contributed by atoms with Crippen molar-refractivity contribution >= 4 is 0 Å². The van der Waals surface area contributed by atoms with Gasteiger partial charge in [0, 0.05) is 6.61 Å². The molecule has 1 fully saturated rings. The van der Waals surface area contributed by atoms with Crippen LogP contribution < -0.4 is 0 Å². The lowest BCUT2D eigenvalue weighted by Gasteiger charge is -2.09. The van der Waals surface area contributed by atoms with Gasteiger partial charge in [-0.1, -0.05) is 13.8 Å². The molecule has 0 radical (unpaired) electrons. The van der Waals surface area contributed by atoms with E-state index in [4.69, 9.17) is 4.74 Å². The monoisotopic (exact) mass is 114 g/mol. The summed E-state index contributed by atoms with van der Waals surface area (Å²) in [6.45, 7) is 7.60. The molecule has 0 bridgehead atoms. The molecule has 0 unspecified atom stereocenters. The highest BCUT2D eigenvalue weighted by atomic mass is 16.5. The van der Waals surface area contributed by atoms with Crippen molar-refractivity contribution < 1.29 is 4.74 Å². The summed E-state index contributed by atoms with van der Waals surface area (Å²) in [5.41, 5.74) is 0. The van der Waals surface area contributed by atoms with Gasteiger partial charge >= 0.3 is 0 Å². The Hall–Kier alpha value is -0.0400. The second-order valence-corrected chi connectivity index (χ2v) is 2.87. The maximum absolute atomic E-state index is 5.38. The van der Waals surface area contributed by atoms with Crippen LogP contribution in [-0.2, 0) is 4.74 Å². The molecule has 0 saturated carbocycles. The molecule has 1 nitrogen and oxygen atoms in total. The summed E-state index contributed by atoms with van der Waals surface area (Å²) in [7, 11) is 0. The molecule has 0 spiro atoms. The number of ether oxygens (including phenoxy) is 1. The second-order valence-electron chi connectivity index (χ2n) is 2.87. The van der Waals surface area contributed by atoms with E-state index in [2.05, 4.69) is 20.8 Å². The molecule has 0 aliphatic carbocycles. The molecule has 1 saturated heterocycles. The van der Waals surface area contributed by atoms with Gasteiger partial charge in [0.05, 0.1) is 6.10 Å². The summed E-state index contributed by atoms with van der Waals surface area (Å²) in [5, 5.41) is 0. The maximum atomic E-state index is 5.38. The lowest BCUT2D eigenvalue weighted by atomic mass is 9.96. The topological polar surface area (TPSA) is 9.23 Å². The Kier molecular flexibility index (Phi) is 1.57. The van der Waals surface area contributed by atoms with Crippen LogP contribution >= 0.6 is 0 Å². The van der Waals surface area contributed by atoms with E-state index in [0.29, 0.717) is 6.10 Å². The fraction of sp³-hybridized carbons (Fsp3) is 1.00. The van der Waals surface area contributed by atoms with E-state index < -0.39 is 0 Å². The fourth-order valence-corrected chi connectivity index (χ4v) is 1.07. The molecule has 1 heteroatoms. The third-order valence-corrected chi connectivity index (χ3v) is 2.26. The normalized spacial score (nSPS) is 47.6. The standard InChI is InChI=1S/C7H14O/c1-5-4-8-7(3)6(5)2/h5-7H,4H2,1-3H3/t5-,6-,7-/m0/s1. The molecule has 8 heavy (non-hydrogen) atoms. The van der Waals surface area contributed by atoms with Gasteiger partial charge in [0.1, 0.15) is 0 Å². The first-order chi connectivity index (χ1) is 3.72. The Morgan fingerprint density at radius 2 is 1.88 bits per heavy atom. The van der Waals surface area contributed by atoms with Crippen molar-refractivity contribution in [2.45, 2.75) is 26.9 Å². The molecule has 3 atom stereocenters. The quantitative estimate of drug-likeness (QED) is 0.465. The molecular formula is C7H14O. The van der Waals surface area contributed by atoms with Gasteiger partial charge in [0.25, 0.3) is 0 Å². The Bertz CT molecular complexity index is 70.5. The van der Waals surface area contributed by atoms with E-state index in [1.54, 1.807) is 0 Å². The number of rotatable bonds is 0. The van der Waals surface area contributed by atoms with Crippen LogP contribution in [0.1, 0.15) is 20.8 Å². The van der Waals surface area contributed by atoms with Gasteiger partial charge in [0.2, 0.25) is 0 Å². The van der Waals surface area contributed by atoms with Crippen molar-refractivity contribution in [1.82, 2.24) is 0 Å². The summed E-state index contributed by atoms with van der Waals surface area (Å²) in [5.74, 6) is 1.53. The van der Waals surface area contributed by atoms with E-state index in [1.165, 1.54) is 0 Å². The minimum atomic E-state index is 0.491. The Labute approximate surface area is 51.0 Å². The van der Waals surface area contributed by atoms with Gasteiger partial charge < -0.3 is 4.74 Å². The molecule has 1 heterocycles. The molecule has 0 aromatic rings. The first-order valence-corrected chi connectivity index (χ1v) is 3.33. The SMILES string of the molecule is C[C@@H]1[C@H](C)OC[C@@H]1C. The molecule has 48 valence electrons. The predicted molar refractivity (Wildman–Crippen MR) is 33.7 cm³/mol. The summed E-state index contributed by atoms with van der Waals surface area (Å²) < 4.78 is 5.38. The third kappa shape index (κ3) is 0.873. The highest BCUT2D eigenvalue weighted by Gasteiger charge is 2.26. The zero-order chi connectivity index (χ0) is 6.15. The summed E-state index contributed by atoms with van der Waals surface area (Å²) in [6.07, 6.45) is 0.491. The molecule has 0 N–H and O–H groups in total. The van der Waals surface area contributed by atoms with E-state index in [0.717, 1.165) is 18.4 Å². The third-order valence-electron chi connectivity index (χ3n) is 2.26. The molecule has 0 amide bonds. The first kappa shape index (κ1) is 6.09. The second kappa shape index (κ2) is 2.06. The van der Waals surface area contributed by atoms with Gasteiger partial charge in [-0.2, -0.15) is 0 Å². The molecule has 0 aromatic carbocycles. The Balaban J connectivity index is 2.44. The van der Waals surface area contributed by atoms with E-state index >= 15 is 0 Å². The number of hydrogen-bond acceptors (Lipinski definition) is 1. The van der Waals surface area contributed by atoms with Crippen molar-refractivity contribution in [2.75, 3.05) is 6.61 Å². The number of hydrogen-bond donors (Lipinski definition) is 0. The predicted octanol–water partition coefficient (Wildman–Crippen LogP) is 1.68. The van der Waals surface area contributed by atoms with Gasteiger partial charge in [-0.05, 0) is 18.8 Å². The lowest BCUT2D eigenvalue weighted by Crippen LogP contribution is -2.10. The van der Waals surface area contributed by atoms with Crippen LogP contribution in [0.4, 0.5) is 0 Å². The van der Waals surface area contributed by atoms with Gasteiger partial charge in [0.15, 0.2) is 0 Å². The Morgan fingerprint density at radius 1 is 1.25 bits per heavy atom. The van der Waals surface area contributed by atoms with Crippen molar-refractivity contribution in [2.24, 2.45) is 11.8 Å². The molecule has 1 rings (SSSR count). The van der Waals surface area contributed by atoms with Crippen LogP contribution in [0.3, 0.4) is 0 Å². The zero-order valence-electron chi connectivity index (χ0n) is 5.85. The minimum absolute atomic E-state index is 0.491. The largest absolute Gasteiger partial charge is 0.378 e. The van der Waals surface area contributed by atoms with Crippen LogP contribution in [0.25, 0.3) is 0 Å². The lowest BCUT2D eigenvalue weighted by molar-refractivity contribution is 0.108. The smallest absolute Gasteiger partial charge is 0.0576 e. The van der Waals surface area contributed by atoms with Crippen molar-refractivity contribution in [1.29, 1.82) is 0 Å². The average molecular weight is 114 g/mol. The summed E-state index contributed by atoms with van der Waals surface area (Å²) in [4.78, 5) is 0. The zero-order valence-corrected chi connectivity index (χ0v) is 5.85. The van der Waals surface area contributed by atoms with Gasteiger partial charge in [-0.15, -0.1) is 0 Å². The van der Waals surface area contributed by atoms with Crippen molar-refractivity contribution in [3.05, 3.63) is 0 Å². The van der Waals surface area contributed by atoms with E-state index in [9.17, 15) is 0 Å². The van der Waals surface area contributed by atoms with E-state index in [1.807, 2.05) is 0 Å². The highest BCUT2D eigenvalue weighted by molar-refractivity contribution is 4.73. The van der Waals surface area contributed by atoms with Crippen LogP contribution in [0.2, 0.25) is 0 Å². The van der Waals surface area contributed by atoms with Crippen LogP contribution in [0.15, 0.2) is 0 Å². The fourth-order valence-electron chi connectivity index (χ4n) is 1.07. The van der Waals surface area contributed by atoms with Crippen molar-refractivity contribution in [3.63, 3.8) is 0 Å². The molecule has 1 aliphatic rings. The summed E-state index contributed by atoms with van der Waals surface area (Å²) in [6, 6.07) is 0. The molecule has 1 aliphatic heterocycles. The van der Waals surface area contributed by atoms with Crippen LogP contribution in [-0.4, -0.2) is 12.7 Å². The summed E-state index contributed by atoms with van der Waals surface area (Å²) >= 11 is 0.